The molecule has 0 amide bonds. The standard InChI is InChI=1S/C14H27B3O6/c1-5-15(6-2)23-14-13-12(21-17(8-4)22-13)11(19-14)10-9-18-16(7-3)20-10/h10-14H,5-9H2,1-4H3. The molecule has 0 N–H and O–H groups in total. The van der Waals surface area contributed by atoms with Gasteiger partial charge in [-0.2, -0.15) is 0 Å². The normalized spacial score (nSPS) is 36.8. The van der Waals surface area contributed by atoms with Gasteiger partial charge in [0.15, 0.2) is 6.29 Å². The van der Waals surface area contributed by atoms with Crippen LogP contribution in [-0.2, 0) is 28.0 Å². The van der Waals surface area contributed by atoms with Gasteiger partial charge in [0.1, 0.15) is 18.3 Å². The van der Waals surface area contributed by atoms with E-state index in [1.165, 1.54) is 0 Å². The molecule has 9 heteroatoms. The Hall–Kier alpha value is -0.0452. The van der Waals surface area contributed by atoms with Gasteiger partial charge in [-0.05, 0) is 12.6 Å². The van der Waals surface area contributed by atoms with Crippen molar-refractivity contribution in [3.8, 4) is 0 Å². The van der Waals surface area contributed by atoms with Gasteiger partial charge in [-0.15, -0.1) is 0 Å². The largest absolute Gasteiger partial charge is 0.457 e. The Balaban J connectivity index is 1.68. The minimum absolute atomic E-state index is 0.123. The van der Waals surface area contributed by atoms with Crippen LogP contribution in [0, 0.1) is 0 Å². The van der Waals surface area contributed by atoms with E-state index in [0.717, 1.165) is 25.3 Å². The first kappa shape index (κ1) is 17.8. The Morgan fingerprint density at radius 3 is 2.22 bits per heavy atom. The van der Waals surface area contributed by atoms with Crippen LogP contribution in [0.15, 0.2) is 0 Å². The molecule has 128 valence electrons. The van der Waals surface area contributed by atoms with Gasteiger partial charge in [0.05, 0.1) is 12.7 Å². The van der Waals surface area contributed by atoms with Crippen molar-refractivity contribution < 1.29 is 28.0 Å². The monoisotopic (exact) mass is 324 g/mol. The molecule has 0 radical (unpaired) electrons. The molecule has 5 unspecified atom stereocenters. The van der Waals surface area contributed by atoms with Crippen LogP contribution in [0.1, 0.15) is 27.7 Å². The molecular weight excluding hydrogens is 297 g/mol. The second-order valence-electron chi connectivity index (χ2n) is 6.43. The first-order valence-corrected chi connectivity index (χ1v) is 9.08. The quantitative estimate of drug-likeness (QED) is 0.668. The van der Waals surface area contributed by atoms with Crippen molar-refractivity contribution in [2.45, 2.75) is 83.7 Å². The number of hydrogen-bond donors (Lipinski definition) is 0. The van der Waals surface area contributed by atoms with Gasteiger partial charge in [-0.25, -0.2) is 0 Å². The number of hydrogen-bond acceptors (Lipinski definition) is 6. The second-order valence-corrected chi connectivity index (χ2v) is 6.43. The van der Waals surface area contributed by atoms with E-state index in [-0.39, 0.29) is 45.6 Å². The maximum Gasteiger partial charge on any atom is 0.457 e. The molecule has 6 nitrogen and oxygen atoms in total. The molecule has 3 heterocycles. The number of fused-ring (bicyclic) bond motifs is 1. The molecule has 0 saturated carbocycles. The Morgan fingerprint density at radius 1 is 0.913 bits per heavy atom. The highest BCUT2D eigenvalue weighted by molar-refractivity contribution is 6.51. The Labute approximate surface area is 140 Å². The summed E-state index contributed by atoms with van der Waals surface area (Å²) in [5.41, 5.74) is 0. The maximum atomic E-state index is 6.15. The molecular formula is C14H27B3O6. The van der Waals surface area contributed by atoms with Crippen LogP contribution in [0.4, 0.5) is 0 Å². The first-order valence-electron chi connectivity index (χ1n) is 9.08. The highest BCUT2D eigenvalue weighted by Crippen LogP contribution is 2.38. The van der Waals surface area contributed by atoms with Gasteiger partial charge in [0, 0.05) is 0 Å². The average Bonchev–Trinajstić information content (AvgIpc) is 3.27. The van der Waals surface area contributed by atoms with Crippen LogP contribution in [0.3, 0.4) is 0 Å². The minimum atomic E-state index is -0.393. The van der Waals surface area contributed by atoms with E-state index >= 15 is 0 Å². The van der Waals surface area contributed by atoms with Crippen LogP contribution >= 0.6 is 0 Å². The fourth-order valence-corrected chi connectivity index (χ4v) is 3.46. The predicted octanol–water partition coefficient (Wildman–Crippen LogP) is 1.97. The zero-order valence-corrected chi connectivity index (χ0v) is 14.6. The van der Waals surface area contributed by atoms with Crippen LogP contribution < -0.4 is 0 Å². The zero-order valence-electron chi connectivity index (χ0n) is 14.6. The van der Waals surface area contributed by atoms with Gasteiger partial charge in [0.2, 0.25) is 0 Å². The van der Waals surface area contributed by atoms with E-state index in [2.05, 4.69) is 20.8 Å². The molecule has 3 fully saturated rings. The topological polar surface area (TPSA) is 55.4 Å². The van der Waals surface area contributed by atoms with Crippen molar-refractivity contribution in [2.24, 2.45) is 0 Å². The smallest absolute Gasteiger partial charge is 0.411 e. The Morgan fingerprint density at radius 2 is 1.61 bits per heavy atom. The van der Waals surface area contributed by atoms with E-state index < -0.39 is 6.29 Å². The fourth-order valence-electron chi connectivity index (χ4n) is 3.46. The minimum Gasteiger partial charge on any atom is -0.411 e. The summed E-state index contributed by atoms with van der Waals surface area (Å²) in [4.78, 5) is 0. The molecule has 3 rings (SSSR count). The molecule has 0 bridgehead atoms. The lowest BCUT2D eigenvalue weighted by atomic mass is 9.62. The average molecular weight is 324 g/mol. The summed E-state index contributed by atoms with van der Waals surface area (Å²) in [5, 5.41) is 0. The summed E-state index contributed by atoms with van der Waals surface area (Å²) >= 11 is 0. The molecule has 3 aliphatic rings. The maximum absolute atomic E-state index is 6.15. The lowest BCUT2D eigenvalue weighted by Crippen LogP contribution is -2.39. The molecule has 0 aromatic rings. The van der Waals surface area contributed by atoms with Crippen LogP contribution in [0.2, 0.25) is 25.3 Å². The van der Waals surface area contributed by atoms with E-state index in [1.54, 1.807) is 0 Å². The van der Waals surface area contributed by atoms with E-state index in [4.69, 9.17) is 28.0 Å². The van der Waals surface area contributed by atoms with Crippen LogP contribution in [0.25, 0.3) is 0 Å². The van der Waals surface area contributed by atoms with E-state index in [9.17, 15) is 0 Å². The summed E-state index contributed by atoms with van der Waals surface area (Å²) in [7, 11) is -0.334. The zero-order chi connectivity index (χ0) is 16.4. The number of ether oxygens (including phenoxy) is 1. The third-order valence-electron chi connectivity index (χ3n) is 4.87. The van der Waals surface area contributed by atoms with Crippen molar-refractivity contribution in [2.75, 3.05) is 6.61 Å². The van der Waals surface area contributed by atoms with Crippen molar-refractivity contribution >= 4 is 21.2 Å². The third-order valence-corrected chi connectivity index (χ3v) is 4.87. The molecule has 5 atom stereocenters. The summed E-state index contributed by atoms with van der Waals surface area (Å²) in [5.74, 6) is 0. The van der Waals surface area contributed by atoms with Gasteiger partial charge in [0.25, 0.3) is 6.92 Å². The lowest BCUT2D eigenvalue weighted by Gasteiger charge is -2.24. The Bertz CT molecular complexity index is 386. The van der Waals surface area contributed by atoms with Crippen molar-refractivity contribution in [3.05, 3.63) is 0 Å². The van der Waals surface area contributed by atoms with Gasteiger partial charge in [-0.1, -0.05) is 40.3 Å². The van der Waals surface area contributed by atoms with Crippen LogP contribution in [0.5, 0.6) is 0 Å². The fraction of sp³-hybridized carbons (Fsp3) is 1.00. The molecule has 3 saturated heterocycles. The molecule has 0 spiro atoms. The first-order chi connectivity index (χ1) is 11.2. The summed E-state index contributed by atoms with van der Waals surface area (Å²) in [6.07, 6.45) is 2.51. The molecule has 0 aromatic carbocycles. The van der Waals surface area contributed by atoms with Crippen molar-refractivity contribution in [3.63, 3.8) is 0 Å². The lowest BCUT2D eigenvalue weighted by molar-refractivity contribution is -0.131. The van der Waals surface area contributed by atoms with Crippen molar-refractivity contribution in [1.82, 2.24) is 0 Å². The van der Waals surface area contributed by atoms with Crippen LogP contribution in [-0.4, -0.2) is 58.5 Å². The highest BCUT2D eigenvalue weighted by Gasteiger charge is 2.57. The van der Waals surface area contributed by atoms with Crippen molar-refractivity contribution in [1.29, 1.82) is 0 Å². The molecule has 0 aromatic heterocycles. The van der Waals surface area contributed by atoms with Gasteiger partial charge >= 0.3 is 14.2 Å². The highest BCUT2D eigenvalue weighted by atomic mass is 16.8. The predicted molar refractivity (Wildman–Crippen MR) is 89.5 cm³/mol. The Kier molecular flexibility index (Phi) is 6.10. The summed E-state index contributed by atoms with van der Waals surface area (Å²) < 4.78 is 35.9. The van der Waals surface area contributed by atoms with E-state index in [1.807, 2.05) is 6.92 Å². The molecule has 0 aliphatic carbocycles. The van der Waals surface area contributed by atoms with Gasteiger partial charge < -0.3 is 28.0 Å². The number of rotatable bonds is 7. The van der Waals surface area contributed by atoms with E-state index in [0.29, 0.717) is 6.61 Å². The SMILES string of the molecule is CCB(CC)OC1OC(C2COB(CC)O2)C2OB(CC)OC12. The van der Waals surface area contributed by atoms with Gasteiger partial charge in [-0.3, -0.25) is 0 Å². The third kappa shape index (κ3) is 3.65. The summed E-state index contributed by atoms with van der Waals surface area (Å²) in [6, 6.07) is 0. The second kappa shape index (κ2) is 7.89. The summed E-state index contributed by atoms with van der Waals surface area (Å²) in [6.45, 7) is 9.06. The molecule has 23 heavy (non-hydrogen) atoms. The molecule has 3 aliphatic heterocycles.